The number of nitrogens with two attached hydrogens (primary N) is 1. The lowest BCUT2D eigenvalue weighted by Gasteiger charge is -2.37. The molecule has 20 heavy (non-hydrogen) atoms. The van der Waals surface area contributed by atoms with E-state index in [1.165, 1.54) is 64.5 Å². The molecular formula is C18H36N2. The van der Waals surface area contributed by atoms with Crippen molar-refractivity contribution in [3.05, 3.63) is 0 Å². The zero-order chi connectivity index (χ0) is 14.6. The standard InChI is InChI=1S/C18H36N2/c1-18(2,3)16-5-4-6-17(8-7-16)20-13-10-15(9-12-19)11-14-20/h15-17H,4-14,19H2,1-3H3. The highest BCUT2D eigenvalue weighted by Gasteiger charge is 2.31. The minimum atomic E-state index is 0.503. The first-order valence-corrected chi connectivity index (χ1v) is 8.95. The van der Waals surface area contributed by atoms with E-state index in [0.717, 1.165) is 24.4 Å². The molecule has 2 N–H and O–H groups in total. The molecule has 0 aromatic heterocycles. The van der Waals surface area contributed by atoms with Gasteiger partial charge in [0.05, 0.1) is 0 Å². The van der Waals surface area contributed by atoms with E-state index in [2.05, 4.69) is 25.7 Å². The van der Waals surface area contributed by atoms with Crippen LogP contribution in [0.2, 0.25) is 0 Å². The number of nitrogens with zero attached hydrogens (tertiary/aromatic N) is 1. The minimum Gasteiger partial charge on any atom is -0.330 e. The van der Waals surface area contributed by atoms with Crippen molar-refractivity contribution in [1.82, 2.24) is 4.90 Å². The smallest absolute Gasteiger partial charge is 0.00953 e. The molecule has 118 valence electrons. The largest absolute Gasteiger partial charge is 0.330 e. The van der Waals surface area contributed by atoms with E-state index in [1.807, 2.05) is 0 Å². The number of rotatable bonds is 3. The van der Waals surface area contributed by atoms with Crippen LogP contribution in [0.5, 0.6) is 0 Å². The number of hydrogen-bond donors (Lipinski definition) is 1. The summed E-state index contributed by atoms with van der Waals surface area (Å²) in [4.78, 5) is 2.80. The summed E-state index contributed by atoms with van der Waals surface area (Å²) in [6.45, 7) is 10.8. The Morgan fingerprint density at radius 1 is 0.950 bits per heavy atom. The van der Waals surface area contributed by atoms with Crippen LogP contribution in [-0.2, 0) is 0 Å². The van der Waals surface area contributed by atoms with Gasteiger partial charge in [-0.1, -0.05) is 27.2 Å². The molecule has 2 unspecified atom stereocenters. The summed E-state index contributed by atoms with van der Waals surface area (Å²) >= 11 is 0. The second kappa shape index (κ2) is 7.26. The van der Waals surface area contributed by atoms with Crippen molar-refractivity contribution < 1.29 is 0 Å². The maximum Gasteiger partial charge on any atom is 0.00953 e. The first kappa shape index (κ1) is 16.3. The van der Waals surface area contributed by atoms with Crippen molar-refractivity contribution in [3.63, 3.8) is 0 Å². The summed E-state index contributed by atoms with van der Waals surface area (Å²) in [6.07, 6.45) is 11.2. The van der Waals surface area contributed by atoms with Gasteiger partial charge in [-0.2, -0.15) is 0 Å². The van der Waals surface area contributed by atoms with Gasteiger partial charge in [0.1, 0.15) is 0 Å². The molecule has 1 saturated heterocycles. The molecular weight excluding hydrogens is 244 g/mol. The van der Waals surface area contributed by atoms with Gasteiger partial charge in [-0.3, -0.25) is 0 Å². The maximum absolute atomic E-state index is 5.70. The van der Waals surface area contributed by atoms with Crippen LogP contribution in [-0.4, -0.2) is 30.6 Å². The summed E-state index contributed by atoms with van der Waals surface area (Å²) in [6, 6.07) is 0.876. The Bertz CT molecular complexity index is 274. The van der Waals surface area contributed by atoms with Gasteiger partial charge in [0.15, 0.2) is 0 Å². The van der Waals surface area contributed by atoms with Crippen LogP contribution in [0.4, 0.5) is 0 Å². The average Bonchev–Trinajstić information content (AvgIpc) is 2.65. The van der Waals surface area contributed by atoms with Crippen molar-refractivity contribution in [2.45, 2.75) is 78.2 Å². The van der Waals surface area contributed by atoms with Crippen molar-refractivity contribution in [3.8, 4) is 0 Å². The van der Waals surface area contributed by atoms with Crippen LogP contribution in [0.25, 0.3) is 0 Å². The summed E-state index contributed by atoms with van der Waals surface area (Å²) < 4.78 is 0. The zero-order valence-corrected chi connectivity index (χ0v) is 14.0. The molecule has 0 aromatic rings. The predicted octanol–water partition coefficient (Wildman–Crippen LogP) is 4.04. The summed E-state index contributed by atoms with van der Waals surface area (Å²) in [5, 5.41) is 0. The Morgan fingerprint density at radius 3 is 2.25 bits per heavy atom. The van der Waals surface area contributed by atoms with Gasteiger partial charge < -0.3 is 10.6 Å². The molecule has 2 rings (SSSR count). The molecule has 2 atom stereocenters. The van der Waals surface area contributed by atoms with Crippen LogP contribution < -0.4 is 5.73 Å². The molecule has 1 heterocycles. The van der Waals surface area contributed by atoms with Crippen molar-refractivity contribution in [1.29, 1.82) is 0 Å². The third-order valence-corrected chi connectivity index (χ3v) is 5.90. The Kier molecular flexibility index (Phi) is 5.92. The average molecular weight is 280 g/mol. The fraction of sp³-hybridized carbons (Fsp3) is 1.00. The highest BCUT2D eigenvalue weighted by atomic mass is 15.2. The fourth-order valence-corrected chi connectivity index (χ4v) is 4.36. The third-order valence-electron chi connectivity index (χ3n) is 5.90. The van der Waals surface area contributed by atoms with Crippen LogP contribution in [0.1, 0.15) is 72.1 Å². The molecule has 2 fully saturated rings. The summed E-state index contributed by atoms with van der Waals surface area (Å²) in [5.74, 6) is 1.84. The Balaban J connectivity index is 1.80. The molecule has 2 nitrogen and oxygen atoms in total. The number of hydrogen-bond acceptors (Lipinski definition) is 2. The van der Waals surface area contributed by atoms with E-state index in [-0.39, 0.29) is 0 Å². The second-order valence-electron chi connectivity index (χ2n) is 8.28. The van der Waals surface area contributed by atoms with E-state index in [4.69, 9.17) is 5.73 Å². The number of piperidine rings is 1. The third kappa shape index (κ3) is 4.46. The van der Waals surface area contributed by atoms with E-state index in [1.54, 1.807) is 0 Å². The molecule has 1 aliphatic carbocycles. The topological polar surface area (TPSA) is 29.3 Å². The van der Waals surface area contributed by atoms with Crippen molar-refractivity contribution >= 4 is 0 Å². The van der Waals surface area contributed by atoms with Gasteiger partial charge in [0.2, 0.25) is 0 Å². The Morgan fingerprint density at radius 2 is 1.65 bits per heavy atom. The summed E-state index contributed by atoms with van der Waals surface area (Å²) in [5.41, 5.74) is 6.20. The second-order valence-corrected chi connectivity index (χ2v) is 8.28. The van der Waals surface area contributed by atoms with Crippen molar-refractivity contribution in [2.24, 2.45) is 23.0 Å². The van der Waals surface area contributed by atoms with E-state index >= 15 is 0 Å². The molecule has 0 aromatic carbocycles. The molecule has 2 heteroatoms. The molecule has 2 aliphatic rings. The van der Waals surface area contributed by atoms with Gasteiger partial charge in [-0.05, 0) is 81.8 Å². The molecule has 0 amide bonds. The first-order chi connectivity index (χ1) is 9.50. The minimum absolute atomic E-state index is 0.503. The monoisotopic (exact) mass is 280 g/mol. The van der Waals surface area contributed by atoms with Crippen LogP contribution in [0, 0.1) is 17.3 Å². The Labute approximate surface area is 126 Å². The van der Waals surface area contributed by atoms with E-state index in [0.29, 0.717) is 5.41 Å². The van der Waals surface area contributed by atoms with Gasteiger partial charge in [-0.15, -0.1) is 0 Å². The van der Waals surface area contributed by atoms with Gasteiger partial charge >= 0.3 is 0 Å². The lowest BCUT2D eigenvalue weighted by Crippen LogP contribution is -2.41. The molecule has 1 aliphatic heterocycles. The zero-order valence-electron chi connectivity index (χ0n) is 14.0. The molecule has 1 saturated carbocycles. The van der Waals surface area contributed by atoms with Gasteiger partial charge in [-0.25, -0.2) is 0 Å². The fourth-order valence-electron chi connectivity index (χ4n) is 4.36. The normalized spacial score (nSPS) is 31.2. The molecule has 0 spiro atoms. The quantitative estimate of drug-likeness (QED) is 0.791. The van der Waals surface area contributed by atoms with Gasteiger partial charge in [0, 0.05) is 6.04 Å². The van der Waals surface area contributed by atoms with Crippen LogP contribution in [0.3, 0.4) is 0 Å². The van der Waals surface area contributed by atoms with E-state index < -0.39 is 0 Å². The lowest BCUT2D eigenvalue weighted by molar-refractivity contribution is 0.116. The highest BCUT2D eigenvalue weighted by molar-refractivity contribution is 4.84. The molecule has 0 radical (unpaired) electrons. The first-order valence-electron chi connectivity index (χ1n) is 8.95. The van der Waals surface area contributed by atoms with Gasteiger partial charge in [0.25, 0.3) is 0 Å². The predicted molar refractivity (Wildman–Crippen MR) is 87.8 cm³/mol. The van der Waals surface area contributed by atoms with Crippen molar-refractivity contribution in [2.75, 3.05) is 19.6 Å². The maximum atomic E-state index is 5.70. The highest BCUT2D eigenvalue weighted by Crippen LogP contribution is 2.38. The SMILES string of the molecule is CC(C)(C)C1CCCC(N2CCC(CCN)CC2)CC1. The van der Waals surface area contributed by atoms with E-state index in [9.17, 15) is 0 Å². The lowest BCUT2D eigenvalue weighted by atomic mass is 9.76. The van der Waals surface area contributed by atoms with Crippen LogP contribution in [0.15, 0.2) is 0 Å². The Hall–Kier alpha value is -0.0800. The van der Waals surface area contributed by atoms with Crippen LogP contribution >= 0.6 is 0 Å². The molecule has 0 bridgehead atoms. The summed E-state index contributed by atoms with van der Waals surface area (Å²) in [7, 11) is 0. The number of likely N-dealkylation sites (tertiary alicyclic amines) is 1.